The van der Waals surface area contributed by atoms with Crippen LogP contribution in [0.5, 0.6) is 5.75 Å². The van der Waals surface area contributed by atoms with E-state index in [0.717, 1.165) is 16.9 Å². The van der Waals surface area contributed by atoms with E-state index in [1.807, 2.05) is 54.6 Å². The van der Waals surface area contributed by atoms with Gasteiger partial charge in [0.1, 0.15) is 5.75 Å². The Morgan fingerprint density at radius 1 is 1.04 bits per heavy atom. The molecule has 0 radical (unpaired) electrons. The van der Waals surface area contributed by atoms with Crippen molar-refractivity contribution in [2.75, 3.05) is 7.11 Å². The number of nitrogens with zero attached hydrogens (tertiary/aromatic N) is 1. The van der Waals surface area contributed by atoms with Gasteiger partial charge in [-0.2, -0.15) is 0 Å². The summed E-state index contributed by atoms with van der Waals surface area (Å²) in [6.45, 7) is 0.585. The maximum Gasteiger partial charge on any atom is 0.315 e. The highest BCUT2D eigenvalue weighted by Crippen LogP contribution is 2.19. The zero-order chi connectivity index (χ0) is 17.5. The Morgan fingerprint density at radius 2 is 1.76 bits per heavy atom. The molecule has 2 N–H and O–H groups in total. The summed E-state index contributed by atoms with van der Waals surface area (Å²) >= 11 is 0. The molecule has 0 aliphatic rings. The monoisotopic (exact) mass is 337 g/mol. The van der Waals surface area contributed by atoms with E-state index in [9.17, 15) is 4.79 Å². The Morgan fingerprint density at radius 3 is 2.56 bits per heavy atom. The van der Waals surface area contributed by atoms with Crippen LogP contribution in [0.1, 0.15) is 11.5 Å². The number of ether oxygens (including phenoxy) is 1. The third-order valence-electron chi connectivity index (χ3n) is 3.64. The molecule has 0 saturated heterocycles. The first-order valence-corrected chi connectivity index (χ1v) is 7.90. The van der Waals surface area contributed by atoms with Crippen molar-refractivity contribution in [3.05, 3.63) is 72.2 Å². The molecule has 3 aromatic rings. The smallest absolute Gasteiger partial charge is 0.315 e. The van der Waals surface area contributed by atoms with Crippen molar-refractivity contribution in [1.29, 1.82) is 0 Å². The largest absolute Gasteiger partial charge is 0.496 e. The molecule has 0 bridgehead atoms. The molecule has 0 aliphatic heterocycles. The molecule has 0 fully saturated rings. The quantitative estimate of drug-likeness (QED) is 0.723. The number of carbonyl (C=O) groups is 1. The summed E-state index contributed by atoms with van der Waals surface area (Å²) in [5, 5.41) is 5.51. The number of urea groups is 1. The zero-order valence-corrected chi connectivity index (χ0v) is 13.9. The fourth-order valence-electron chi connectivity index (χ4n) is 2.37. The molecular weight excluding hydrogens is 318 g/mol. The zero-order valence-electron chi connectivity index (χ0n) is 13.9. The molecule has 0 aliphatic carbocycles. The fraction of sp³-hybridized carbons (Fsp3) is 0.158. The normalized spacial score (nSPS) is 10.3. The number of aromatic nitrogens is 1. The van der Waals surface area contributed by atoms with Gasteiger partial charge in [-0.1, -0.05) is 48.5 Å². The van der Waals surface area contributed by atoms with Gasteiger partial charge in [0, 0.05) is 17.7 Å². The third kappa shape index (κ3) is 4.38. The molecule has 1 heterocycles. The molecule has 1 aromatic heterocycles. The standard InChI is InChI=1S/C19H19N3O3/c1-24-16-10-6-5-9-15(16)11-21-19(23)22-13-18-20-12-17(25-18)14-7-3-2-4-8-14/h2-10,12H,11,13H2,1H3,(H2,21,22,23). The number of nitrogens with one attached hydrogen (secondary N) is 2. The van der Waals surface area contributed by atoms with Gasteiger partial charge in [-0.05, 0) is 6.07 Å². The molecule has 2 amide bonds. The Balaban J connectivity index is 1.50. The van der Waals surface area contributed by atoms with Gasteiger partial charge in [-0.3, -0.25) is 0 Å². The summed E-state index contributed by atoms with van der Waals surface area (Å²) in [5.41, 5.74) is 1.85. The van der Waals surface area contributed by atoms with Gasteiger partial charge in [0.05, 0.1) is 19.9 Å². The van der Waals surface area contributed by atoms with Gasteiger partial charge >= 0.3 is 6.03 Å². The Labute approximate surface area is 145 Å². The van der Waals surface area contributed by atoms with Crippen LogP contribution in [0, 0.1) is 0 Å². The minimum Gasteiger partial charge on any atom is -0.496 e. The van der Waals surface area contributed by atoms with Gasteiger partial charge < -0.3 is 19.8 Å². The second kappa shape index (κ2) is 8.01. The Bertz CT molecular complexity index is 831. The Hall–Kier alpha value is -3.28. The predicted octanol–water partition coefficient (Wildman–Crippen LogP) is 3.35. The van der Waals surface area contributed by atoms with Crippen LogP contribution in [0.3, 0.4) is 0 Å². The van der Waals surface area contributed by atoms with Crippen molar-refractivity contribution >= 4 is 6.03 Å². The summed E-state index contributed by atoms with van der Waals surface area (Å²) in [6.07, 6.45) is 1.65. The topological polar surface area (TPSA) is 76.4 Å². The van der Waals surface area contributed by atoms with Crippen LogP contribution in [0.4, 0.5) is 4.79 Å². The number of hydrogen-bond acceptors (Lipinski definition) is 4. The minimum absolute atomic E-state index is 0.213. The van der Waals surface area contributed by atoms with Crippen molar-refractivity contribution in [2.45, 2.75) is 13.1 Å². The van der Waals surface area contributed by atoms with Crippen molar-refractivity contribution in [1.82, 2.24) is 15.6 Å². The summed E-state index contributed by atoms with van der Waals surface area (Å²) in [4.78, 5) is 16.1. The second-order valence-electron chi connectivity index (χ2n) is 5.33. The number of rotatable bonds is 6. The van der Waals surface area contributed by atoms with Gasteiger partial charge in [0.15, 0.2) is 5.76 Å². The fourth-order valence-corrected chi connectivity index (χ4v) is 2.37. The van der Waals surface area contributed by atoms with E-state index in [2.05, 4.69) is 15.6 Å². The summed E-state index contributed by atoms with van der Waals surface area (Å²) in [6, 6.07) is 16.9. The van der Waals surface area contributed by atoms with Gasteiger partial charge in [0.25, 0.3) is 0 Å². The molecule has 6 heteroatoms. The second-order valence-corrected chi connectivity index (χ2v) is 5.33. The maximum atomic E-state index is 11.9. The molecule has 6 nitrogen and oxygen atoms in total. The molecule has 0 spiro atoms. The summed E-state index contributed by atoms with van der Waals surface area (Å²) < 4.78 is 10.9. The van der Waals surface area contributed by atoms with Gasteiger partial charge in [0.2, 0.25) is 5.89 Å². The predicted molar refractivity (Wildman–Crippen MR) is 94.0 cm³/mol. The van der Waals surface area contributed by atoms with Crippen LogP contribution in [0.2, 0.25) is 0 Å². The molecule has 128 valence electrons. The van der Waals surface area contributed by atoms with Crippen molar-refractivity contribution < 1.29 is 13.9 Å². The van der Waals surface area contributed by atoms with Gasteiger partial charge in [-0.15, -0.1) is 0 Å². The van der Waals surface area contributed by atoms with Crippen LogP contribution in [-0.2, 0) is 13.1 Å². The highest BCUT2D eigenvalue weighted by atomic mass is 16.5. The lowest BCUT2D eigenvalue weighted by atomic mass is 10.2. The summed E-state index contributed by atoms with van der Waals surface area (Å²) in [7, 11) is 1.60. The molecule has 2 aromatic carbocycles. The number of para-hydroxylation sites is 1. The SMILES string of the molecule is COc1ccccc1CNC(=O)NCc1ncc(-c2ccccc2)o1. The molecule has 0 saturated carbocycles. The van der Waals surface area contributed by atoms with Crippen molar-refractivity contribution in [3.63, 3.8) is 0 Å². The van der Waals surface area contributed by atoms with E-state index in [0.29, 0.717) is 18.2 Å². The third-order valence-corrected chi connectivity index (χ3v) is 3.64. The lowest BCUT2D eigenvalue weighted by molar-refractivity contribution is 0.239. The minimum atomic E-state index is -0.301. The molecule has 0 unspecified atom stereocenters. The van der Waals surface area contributed by atoms with Crippen LogP contribution in [-0.4, -0.2) is 18.1 Å². The van der Waals surface area contributed by atoms with E-state index >= 15 is 0 Å². The van der Waals surface area contributed by atoms with Crippen molar-refractivity contribution in [3.8, 4) is 17.1 Å². The first kappa shape index (κ1) is 16.6. The van der Waals surface area contributed by atoms with E-state index in [1.54, 1.807) is 13.3 Å². The number of oxazole rings is 1. The average Bonchev–Trinajstić information content (AvgIpc) is 3.14. The van der Waals surface area contributed by atoms with E-state index in [1.165, 1.54) is 0 Å². The number of amides is 2. The highest BCUT2D eigenvalue weighted by Gasteiger charge is 2.08. The van der Waals surface area contributed by atoms with Crippen LogP contribution in [0.15, 0.2) is 65.2 Å². The number of methoxy groups -OCH3 is 1. The first-order valence-electron chi connectivity index (χ1n) is 7.90. The van der Waals surface area contributed by atoms with Gasteiger partial charge in [-0.25, -0.2) is 9.78 Å². The molecule has 0 atom stereocenters. The Kier molecular flexibility index (Phi) is 5.31. The average molecular weight is 337 g/mol. The molecular formula is C19H19N3O3. The van der Waals surface area contributed by atoms with Crippen LogP contribution >= 0.6 is 0 Å². The number of hydrogen-bond donors (Lipinski definition) is 2. The highest BCUT2D eigenvalue weighted by molar-refractivity contribution is 5.73. The molecule has 25 heavy (non-hydrogen) atoms. The van der Waals surface area contributed by atoms with Crippen LogP contribution < -0.4 is 15.4 Å². The number of benzene rings is 2. The lowest BCUT2D eigenvalue weighted by Crippen LogP contribution is -2.34. The number of carbonyl (C=O) groups excluding carboxylic acids is 1. The first-order chi connectivity index (χ1) is 12.3. The lowest BCUT2D eigenvalue weighted by Gasteiger charge is -2.09. The van der Waals surface area contributed by atoms with Crippen LogP contribution in [0.25, 0.3) is 11.3 Å². The summed E-state index contributed by atoms with van der Waals surface area (Å²) in [5.74, 6) is 1.86. The van der Waals surface area contributed by atoms with E-state index in [4.69, 9.17) is 9.15 Å². The van der Waals surface area contributed by atoms with E-state index < -0.39 is 0 Å². The van der Waals surface area contributed by atoms with E-state index in [-0.39, 0.29) is 12.6 Å². The molecule has 3 rings (SSSR count). The van der Waals surface area contributed by atoms with Crippen molar-refractivity contribution in [2.24, 2.45) is 0 Å². The maximum absolute atomic E-state index is 11.9.